The Balaban J connectivity index is 2.02. The fourth-order valence-electron chi connectivity index (χ4n) is 2.70. The predicted octanol–water partition coefficient (Wildman–Crippen LogP) is 4.05. The number of imidazole rings is 1. The third-order valence-electron chi connectivity index (χ3n) is 3.85. The lowest BCUT2D eigenvalue weighted by molar-refractivity contribution is 0.627. The first-order chi connectivity index (χ1) is 10.3. The molecule has 2 aromatic carbocycles. The molecule has 0 bridgehead atoms. The average Bonchev–Trinajstić information content (AvgIpc) is 3.27. The molecule has 0 N–H and O–H groups in total. The van der Waals surface area contributed by atoms with E-state index in [1.165, 1.54) is 6.07 Å². The van der Waals surface area contributed by atoms with Crippen LogP contribution >= 0.6 is 0 Å². The van der Waals surface area contributed by atoms with Crippen LogP contribution in [0.4, 0.5) is 4.39 Å². The number of rotatable bonds is 2. The second-order valence-corrected chi connectivity index (χ2v) is 5.33. The summed E-state index contributed by atoms with van der Waals surface area (Å²) in [7, 11) is 0. The molecule has 4 rings (SSSR count). The van der Waals surface area contributed by atoms with Gasteiger partial charge in [-0.25, -0.2) is 9.37 Å². The number of hydrogen-bond donors (Lipinski definition) is 0. The quantitative estimate of drug-likeness (QED) is 0.709. The van der Waals surface area contributed by atoms with Crippen LogP contribution in [0, 0.1) is 17.1 Å². The molecule has 0 amide bonds. The van der Waals surface area contributed by atoms with Gasteiger partial charge in [0.05, 0.1) is 28.2 Å². The molecule has 21 heavy (non-hydrogen) atoms. The average molecular weight is 277 g/mol. The molecule has 1 aromatic heterocycles. The lowest BCUT2D eigenvalue weighted by atomic mass is 10.2. The summed E-state index contributed by atoms with van der Waals surface area (Å²) in [4.78, 5) is 4.59. The highest BCUT2D eigenvalue weighted by Gasteiger charge is 2.29. The summed E-state index contributed by atoms with van der Waals surface area (Å²) in [6, 6.07) is 14.7. The van der Waals surface area contributed by atoms with Crippen molar-refractivity contribution in [3.63, 3.8) is 0 Å². The fourth-order valence-corrected chi connectivity index (χ4v) is 2.70. The minimum Gasteiger partial charge on any atom is -0.321 e. The molecule has 1 heterocycles. The fraction of sp³-hybridized carbons (Fsp3) is 0.176. The van der Waals surface area contributed by atoms with Crippen molar-refractivity contribution in [1.29, 1.82) is 5.26 Å². The summed E-state index contributed by atoms with van der Waals surface area (Å²) < 4.78 is 16.2. The number of fused-ring (bicyclic) bond motifs is 1. The minimum atomic E-state index is -0.268. The van der Waals surface area contributed by atoms with E-state index in [2.05, 4.69) is 15.6 Å². The van der Waals surface area contributed by atoms with Crippen molar-refractivity contribution in [2.24, 2.45) is 0 Å². The first-order valence-electron chi connectivity index (χ1n) is 6.95. The second kappa shape index (κ2) is 4.42. The van der Waals surface area contributed by atoms with E-state index >= 15 is 0 Å². The molecule has 3 aromatic rings. The molecule has 0 radical (unpaired) electrons. The highest BCUT2D eigenvalue weighted by atomic mass is 19.1. The Labute approximate surface area is 121 Å². The largest absolute Gasteiger partial charge is 0.321 e. The maximum Gasteiger partial charge on any atom is 0.144 e. The van der Waals surface area contributed by atoms with Gasteiger partial charge in [0.1, 0.15) is 11.6 Å². The van der Waals surface area contributed by atoms with Gasteiger partial charge in [-0.1, -0.05) is 12.1 Å². The summed E-state index contributed by atoms with van der Waals surface area (Å²) >= 11 is 0. The van der Waals surface area contributed by atoms with E-state index in [-0.39, 0.29) is 5.82 Å². The molecule has 0 unspecified atom stereocenters. The molecule has 0 atom stereocenters. The number of nitriles is 1. The smallest absolute Gasteiger partial charge is 0.144 e. The van der Waals surface area contributed by atoms with Gasteiger partial charge in [-0.05, 0) is 43.2 Å². The molecule has 1 fully saturated rings. The summed E-state index contributed by atoms with van der Waals surface area (Å²) in [5.41, 5.74) is 2.80. The highest BCUT2D eigenvalue weighted by Crippen LogP contribution is 2.41. The molecule has 4 heteroatoms. The summed E-state index contributed by atoms with van der Waals surface area (Å²) in [5, 5.41) is 9.01. The molecule has 0 spiro atoms. The Morgan fingerprint density at radius 3 is 2.71 bits per heavy atom. The van der Waals surface area contributed by atoms with Crippen LogP contribution in [0.1, 0.15) is 24.4 Å². The van der Waals surface area contributed by atoms with Crippen LogP contribution in [-0.2, 0) is 0 Å². The third kappa shape index (κ3) is 1.90. The summed E-state index contributed by atoms with van der Waals surface area (Å²) in [5.74, 6) is 0.385. The van der Waals surface area contributed by atoms with Gasteiger partial charge in [0.25, 0.3) is 0 Å². The van der Waals surface area contributed by atoms with Crippen molar-refractivity contribution in [1.82, 2.24) is 9.55 Å². The number of hydrogen-bond acceptors (Lipinski definition) is 2. The number of halogens is 1. The van der Waals surface area contributed by atoms with E-state index in [0.717, 1.165) is 23.9 Å². The van der Waals surface area contributed by atoms with Crippen LogP contribution in [0.5, 0.6) is 0 Å². The van der Waals surface area contributed by atoms with E-state index < -0.39 is 0 Å². The highest BCUT2D eigenvalue weighted by molar-refractivity contribution is 5.82. The van der Waals surface area contributed by atoms with Gasteiger partial charge in [-0.15, -0.1) is 0 Å². The molecule has 1 aliphatic carbocycles. The van der Waals surface area contributed by atoms with E-state index in [1.54, 1.807) is 24.3 Å². The van der Waals surface area contributed by atoms with Crippen molar-refractivity contribution in [2.45, 2.75) is 18.9 Å². The van der Waals surface area contributed by atoms with E-state index in [0.29, 0.717) is 23.0 Å². The molecule has 102 valence electrons. The zero-order valence-electron chi connectivity index (χ0n) is 11.3. The Hall–Kier alpha value is -2.67. The van der Waals surface area contributed by atoms with Gasteiger partial charge in [-0.2, -0.15) is 5.26 Å². The Morgan fingerprint density at radius 2 is 2.00 bits per heavy atom. The van der Waals surface area contributed by atoms with Gasteiger partial charge in [0, 0.05) is 6.04 Å². The second-order valence-electron chi connectivity index (χ2n) is 5.33. The molecule has 3 nitrogen and oxygen atoms in total. The van der Waals surface area contributed by atoms with Gasteiger partial charge < -0.3 is 4.57 Å². The van der Waals surface area contributed by atoms with Crippen LogP contribution in [0.3, 0.4) is 0 Å². The minimum absolute atomic E-state index is 0.268. The van der Waals surface area contributed by atoms with Crippen LogP contribution in [0.25, 0.3) is 22.4 Å². The topological polar surface area (TPSA) is 41.6 Å². The predicted molar refractivity (Wildman–Crippen MR) is 78.1 cm³/mol. The molecular weight excluding hydrogens is 265 g/mol. The van der Waals surface area contributed by atoms with Crippen molar-refractivity contribution in [3.8, 4) is 17.5 Å². The zero-order valence-corrected chi connectivity index (χ0v) is 11.3. The molecule has 1 aliphatic rings. The van der Waals surface area contributed by atoms with Crippen LogP contribution < -0.4 is 0 Å². The van der Waals surface area contributed by atoms with Gasteiger partial charge in [0.2, 0.25) is 0 Å². The maximum atomic E-state index is 14.1. The monoisotopic (exact) mass is 277 g/mol. The van der Waals surface area contributed by atoms with E-state index in [9.17, 15) is 4.39 Å². The van der Waals surface area contributed by atoms with E-state index in [1.807, 2.05) is 12.1 Å². The van der Waals surface area contributed by atoms with Crippen molar-refractivity contribution in [3.05, 3.63) is 53.8 Å². The molecule has 0 aliphatic heterocycles. The standard InChI is InChI=1S/C17H12FN3/c18-14-4-2-1-3-13(14)17-20-15-9-11(10-19)5-8-16(15)21(17)12-6-7-12/h1-5,8-9,12H,6-7H2. The van der Waals surface area contributed by atoms with Crippen LogP contribution in [0.15, 0.2) is 42.5 Å². The number of benzene rings is 2. The Kier molecular flexibility index (Phi) is 2.55. The van der Waals surface area contributed by atoms with Crippen molar-refractivity contribution < 1.29 is 4.39 Å². The lowest BCUT2D eigenvalue weighted by Crippen LogP contribution is -1.98. The van der Waals surface area contributed by atoms with Crippen LogP contribution in [0.2, 0.25) is 0 Å². The van der Waals surface area contributed by atoms with Gasteiger partial charge >= 0.3 is 0 Å². The van der Waals surface area contributed by atoms with Crippen molar-refractivity contribution >= 4 is 11.0 Å². The van der Waals surface area contributed by atoms with Crippen molar-refractivity contribution in [2.75, 3.05) is 0 Å². The summed E-state index contributed by atoms with van der Waals surface area (Å²) in [6.45, 7) is 0. The third-order valence-corrected chi connectivity index (χ3v) is 3.85. The Bertz CT molecular complexity index is 885. The maximum absolute atomic E-state index is 14.1. The zero-order chi connectivity index (χ0) is 14.4. The molecule has 1 saturated carbocycles. The number of nitrogens with zero attached hydrogens (tertiary/aromatic N) is 3. The van der Waals surface area contributed by atoms with Gasteiger partial charge in [0.15, 0.2) is 0 Å². The number of aromatic nitrogens is 2. The first-order valence-corrected chi connectivity index (χ1v) is 6.95. The van der Waals surface area contributed by atoms with E-state index in [4.69, 9.17) is 5.26 Å². The molecular formula is C17H12FN3. The Morgan fingerprint density at radius 1 is 1.19 bits per heavy atom. The normalized spacial score (nSPS) is 14.3. The lowest BCUT2D eigenvalue weighted by Gasteiger charge is -2.08. The SMILES string of the molecule is N#Cc1ccc2c(c1)nc(-c1ccccc1F)n2C1CC1. The summed E-state index contributed by atoms with van der Waals surface area (Å²) in [6.07, 6.45) is 2.18. The molecule has 0 saturated heterocycles. The van der Waals surface area contributed by atoms with Crippen LogP contribution in [-0.4, -0.2) is 9.55 Å². The van der Waals surface area contributed by atoms with Gasteiger partial charge in [-0.3, -0.25) is 0 Å². The first kappa shape index (κ1) is 12.1.